The molecule has 1 aliphatic rings. The molecule has 1 aromatic carbocycles. The van der Waals surface area contributed by atoms with Crippen molar-refractivity contribution in [3.05, 3.63) is 28.2 Å². The molecule has 2 rings (SSSR count). The van der Waals surface area contributed by atoms with Gasteiger partial charge in [-0.05, 0) is 25.1 Å². The van der Waals surface area contributed by atoms with E-state index in [2.05, 4.69) is 31.6 Å². The molecule has 1 atom stereocenters. The Morgan fingerprint density at radius 1 is 1.50 bits per heavy atom. The Kier molecular flexibility index (Phi) is 3.86. The number of rotatable bonds is 3. The number of carbonyl (C=O) groups is 1. The molecule has 1 aromatic rings. The van der Waals surface area contributed by atoms with Crippen molar-refractivity contribution in [1.29, 1.82) is 0 Å². The minimum absolute atomic E-state index is 0.126. The fourth-order valence-electron chi connectivity index (χ4n) is 1.82. The highest BCUT2D eigenvalue weighted by Gasteiger charge is 2.31. The molecule has 0 radical (unpaired) electrons. The topological polar surface area (TPSA) is 62.7 Å². The molecule has 1 amide bonds. The summed E-state index contributed by atoms with van der Waals surface area (Å²) in [6.07, 6.45) is 0. The highest BCUT2D eigenvalue weighted by atomic mass is 79.9. The predicted molar refractivity (Wildman–Crippen MR) is 72.7 cm³/mol. The molecule has 96 valence electrons. The van der Waals surface area contributed by atoms with Crippen LogP contribution in [0.5, 0.6) is 5.75 Å². The number of amides is 1. The minimum Gasteiger partial charge on any atom is -0.496 e. The summed E-state index contributed by atoms with van der Waals surface area (Å²) in [5, 5.41) is 5.75. The largest absolute Gasteiger partial charge is 0.496 e. The van der Waals surface area contributed by atoms with E-state index >= 15 is 0 Å². The summed E-state index contributed by atoms with van der Waals surface area (Å²) in [6.45, 7) is 2.53. The van der Waals surface area contributed by atoms with Gasteiger partial charge in [0.25, 0.3) is 5.91 Å². The molecule has 1 aliphatic heterocycles. The molecule has 0 saturated carbocycles. The number of nitrogens with zero attached hydrogens (tertiary/aromatic N) is 1. The first-order chi connectivity index (χ1) is 8.65. The first kappa shape index (κ1) is 12.9. The molecule has 0 aromatic heterocycles. The Bertz CT molecular complexity index is 502. The van der Waals surface area contributed by atoms with E-state index in [9.17, 15) is 4.79 Å². The lowest BCUT2D eigenvalue weighted by atomic mass is 10.1. The van der Waals surface area contributed by atoms with E-state index in [0.717, 1.165) is 10.0 Å². The van der Waals surface area contributed by atoms with Gasteiger partial charge in [0.1, 0.15) is 11.8 Å². The number of methoxy groups -OCH3 is 1. The summed E-state index contributed by atoms with van der Waals surface area (Å²) in [5.74, 6) is 1.05. The van der Waals surface area contributed by atoms with Crippen molar-refractivity contribution in [3.63, 3.8) is 0 Å². The van der Waals surface area contributed by atoms with E-state index in [4.69, 9.17) is 4.74 Å². The van der Waals surface area contributed by atoms with Crippen molar-refractivity contribution in [2.75, 3.05) is 13.7 Å². The first-order valence-electron chi connectivity index (χ1n) is 5.61. The highest BCUT2D eigenvalue weighted by Crippen LogP contribution is 2.29. The summed E-state index contributed by atoms with van der Waals surface area (Å²) < 4.78 is 6.17. The Hall–Kier alpha value is -1.56. The number of carbonyl (C=O) groups excluding carboxylic acids is 1. The third-order valence-corrected chi connectivity index (χ3v) is 3.10. The van der Waals surface area contributed by atoms with Crippen LogP contribution >= 0.6 is 15.9 Å². The van der Waals surface area contributed by atoms with E-state index in [1.54, 1.807) is 7.11 Å². The number of nitrogens with one attached hydrogen (secondary N) is 2. The number of halogens is 1. The van der Waals surface area contributed by atoms with Crippen molar-refractivity contribution in [2.24, 2.45) is 4.99 Å². The average molecular weight is 312 g/mol. The third-order valence-electron chi connectivity index (χ3n) is 2.60. The Morgan fingerprint density at radius 2 is 2.28 bits per heavy atom. The van der Waals surface area contributed by atoms with Crippen LogP contribution in [0.25, 0.3) is 0 Å². The van der Waals surface area contributed by atoms with Crippen molar-refractivity contribution >= 4 is 27.8 Å². The first-order valence-corrected chi connectivity index (χ1v) is 6.40. The molecule has 18 heavy (non-hydrogen) atoms. The van der Waals surface area contributed by atoms with Gasteiger partial charge >= 0.3 is 0 Å². The molecule has 0 aliphatic carbocycles. The van der Waals surface area contributed by atoms with E-state index in [0.29, 0.717) is 18.3 Å². The van der Waals surface area contributed by atoms with Crippen LogP contribution in [-0.4, -0.2) is 25.5 Å². The smallest absolute Gasteiger partial charge is 0.254 e. The van der Waals surface area contributed by atoms with Gasteiger partial charge in [0, 0.05) is 16.6 Å². The summed E-state index contributed by atoms with van der Waals surface area (Å²) in [6, 6.07) is 5.09. The maximum absolute atomic E-state index is 11.9. The van der Waals surface area contributed by atoms with Crippen LogP contribution in [0.4, 0.5) is 0 Å². The zero-order valence-corrected chi connectivity index (χ0v) is 11.7. The van der Waals surface area contributed by atoms with Crippen LogP contribution in [0, 0.1) is 0 Å². The van der Waals surface area contributed by atoms with Crippen LogP contribution in [0.15, 0.2) is 27.7 Å². The van der Waals surface area contributed by atoms with Crippen molar-refractivity contribution < 1.29 is 9.53 Å². The van der Waals surface area contributed by atoms with Gasteiger partial charge in [-0.25, -0.2) is 0 Å². The number of ether oxygens (including phenoxy) is 1. The number of benzene rings is 1. The van der Waals surface area contributed by atoms with Gasteiger partial charge in [0.15, 0.2) is 5.96 Å². The molecule has 1 saturated heterocycles. The second-order valence-electron chi connectivity index (χ2n) is 3.78. The van der Waals surface area contributed by atoms with Crippen LogP contribution in [0.3, 0.4) is 0 Å². The molecule has 6 heteroatoms. The second-order valence-corrected chi connectivity index (χ2v) is 4.69. The summed E-state index contributed by atoms with van der Waals surface area (Å²) in [7, 11) is 1.58. The molecule has 2 N–H and O–H groups in total. The Labute approximate surface area is 114 Å². The predicted octanol–water partition coefficient (Wildman–Crippen LogP) is 1.59. The quantitative estimate of drug-likeness (QED) is 0.891. The van der Waals surface area contributed by atoms with Gasteiger partial charge in [0.05, 0.1) is 7.11 Å². The molecule has 0 bridgehead atoms. The SMILES string of the molecule is CCN=C1NC(=O)C(c2cc(Br)ccc2OC)N1. The molecule has 5 nitrogen and oxygen atoms in total. The highest BCUT2D eigenvalue weighted by molar-refractivity contribution is 9.10. The fraction of sp³-hybridized carbons (Fsp3) is 0.333. The lowest BCUT2D eigenvalue weighted by Crippen LogP contribution is -2.25. The van der Waals surface area contributed by atoms with Gasteiger partial charge in [0.2, 0.25) is 0 Å². The number of hydrogen-bond donors (Lipinski definition) is 2. The summed E-state index contributed by atoms with van der Waals surface area (Å²) in [4.78, 5) is 16.1. The van der Waals surface area contributed by atoms with Gasteiger partial charge in [-0.15, -0.1) is 0 Å². The number of aliphatic imine (C=N–C) groups is 1. The maximum atomic E-state index is 11.9. The zero-order valence-electron chi connectivity index (χ0n) is 10.2. The normalized spacial score (nSPS) is 20.7. The van der Waals surface area contributed by atoms with E-state index < -0.39 is 6.04 Å². The molecule has 1 unspecified atom stereocenters. The summed E-state index contributed by atoms with van der Waals surface area (Å²) >= 11 is 3.39. The molecule has 1 heterocycles. The third kappa shape index (κ3) is 2.48. The number of hydrogen-bond acceptors (Lipinski definition) is 3. The fourth-order valence-corrected chi connectivity index (χ4v) is 2.20. The summed E-state index contributed by atoms with van der Waals surface area (Å²) in [5.41, 5.74) is 0.783. The monoisotopic (exact) mass is 311 g/mol. The van der Waals surface area contributed by atoms with Gasteiger partial charge in [-0.2, -0.15) is 0 Å². The molecule has 0 spiro atoms. The zero-order chi connectivity index (χ0) is 13.1. The molecule has 1 fully saturated rings. The van der Waals surface area contributed by atoms with Crippen LogP contribution < -0.4 is 15.4 Å². The van der Waals surface area contributed by atoms with Gasteiger partial charge in [-0.1, -0.05) is 15.9 Å². The Morgan fingerprint density at radius 3 is 2.94 bits per heavy atom. The molecular weight excluding hydrogens is 298 g/mol. The van der Waals surface area contributed by atoms with Crippen molar-refractivity contribution in [1.82, 2.24) is 10.6 Å². The van der Waals surface area contributed by atoms with Crippen LogP contribution in [0.1, 0.15) is 18.5 Å². The van der Waals surface area contributed by atoms with E-state index in [1.165, 1.54) is 0 Å². The maximum Gasteiger partial charge on any atom is 0.254 e. The van der Waals surface area contributed by atoms with E-state index in [1.807, 2.05) is 25.1 Å². The van der Waals surface area contributed by atoms with Crippen LogP contribution in [-0.2, 0) is 4.79 Å². The molecular formula is C12H14BrN3O2. The van der Waals surface area contributed by atoms with Crippen molar-refractivity contribution in [2.45, 2.75) is 13.0 Å². The van der Waals surface area contributed by atoms with Crippen LogP contribution in [0.2, 0.25) is 0 Å². The van der Waals surface area contributed by atoms with Gasteiger partial charge in [-0.3, -0.25) is 15.1 Å². The van der Waals surface area contributed by atoms with E-state index in [-0.39, 0.29) is 5.91 Å². The van der Waals surface area contributed by atoms with Gasteiger partial charge < -0.3 is 10.1 Å². The standard InChI is InChI=1S/C12H14BrN3O2/c1-3-14-12-15-10(11(17)16-12)8-6-7(13)4-5-9(8)18-2/h4-6,10H,3H2,1-2H3,(H2,14,15,16,17). The lowest BCUT2D eigenvalue weighted by Gasteiger charge is -2.13. The Balaban J connectivity index is 2.34. The van der Waals surface area contributed by atoms with Crippen molar-refractivity contribution in [3.8, 4) is 5.75 Å². The second kappa shape index (κ2) is 5.39. The lowest BCUT2D eigenvalue weighted by molar-refractivity contribution is -0.120. The number of guanidine groups is 1. The average Bonchev–Trinajstić information content (AvgIpc) is 2.70. The minimum atomic E-state index is -0.470.